The summed E-state index contributed by atoms with van der Waals surface area (Å²) in [6.45, 7) is 5.49. The Morgan fingerprint density at radius 1 is 1.10 bits per heavy atom. The molecule has 156 valence electrons. The van der Waals surface area contributed by atoms with Crippen LogP contribution in [-0.4, -0.2) is 11.7 Å². The molecule has 1 aliphatic rings. The first-order chi connectivity index (χ1) is 14.4. The molecule has 0 saturated heterocycles. The van der Waals surface area contributed by atoms with Gasteiger partial charge in [-0.15, -0.1) is 0 Å². The molecule has 1 N–H and O–H groups in total. The van der Waals surface area contributed by atoms with Crippen molar-refractivity contribution in [2.75, 3.05) is 0 Å². The van der Waals surface area contributed by atoms with Crippen LogP contribution in [0.5, 0.6) is 0 Å². The van der Waals surface area contributed by atoms with Crippen LogP contribution in [-0.2, 0) is 6.18 Å². The molecule has 1 atom stereocenters. The van der Waals surface area contributed by atoms with Crippen LogP contribution in [0, 0.1) is 0 Å². The second kappa shape index (κ2) is 8.09. The van der Waals surface area contributed by atoms with Gasteiger partial charge in [0, 0.05) is 23.6 Å². The lowest BCUT2D eigenvalue weighted by atomic mass is 9.86. The van der Waals surface area contributed by atoms with Crippen molar-refractivity contribution in [1.82, 2.24) is 10.4 Å². The van der Waals surface area contributed by atoms with Gasteiger partial charge in [0.05, 0.1) is 22.8 Å². The Labute approximate surface area is 174 Å². The van der Waals surface area contributed by atoms with Crippen molar-refractivity contribution in [3.8, 4) is 11.1 Å². The van der Waals surface area contributed by atoms with Gasteiger partial charge in [-0.25, -0.2) is 0 Å². The number of hydrazone groups is 1. The third kappa shape index (κ3) is 3.78. The summed E-state index contributed by atoms with van der Waals surface area (Å²) in [5.41, 5.74) is 6.45. The monoisotopic (exact) mass is 411 g/mol. The number of alkyl halides is 3. The molecule has 6 heteroatoms. The first-order valence-corrected chi connectivity index (χ1v) is 10.2. The molecule has 4 rings (SSSR count). The molecule has 1 aromatic heterocycles. The van der Waals surface area contributed by atoms with Gasteiger partial charge in [0.2, 0.25) is 0 Å². The third-order valence-corrected chi connectivity index (χ3v) is 5.90. The van der Waals surface area contributed by atoms with Gasteiger partial charge in [-0.2, -0.15) is 18.3 Å². The normalized spacial score (nSPS) is 16.0. The predicted molar refractivity (Wildman–Crippen MR) is 114 cm³/mol. The largest absolute Gasteiger partial charge is 0.416 e. The smallest absolute Gasteiger partial charge is 0.303 e. The van der Waals surface area contributed by atoms with Crippen LogP contribution in [0.15, 0.2) is 53.6 Å². The van der Waals surface area contributed by atoms with E-state index in [0.29, 0.717) is 16.8 Å². The molecule has 30 heavy (non-hydrogen) atoms. The molecular formula is C24H24F3N3. The Morgan fingerprint density at radius 3 is 2.43 bits per heavy atom. The van der Waals surface area contributed by atoms with Crippen molar-refractivity contribution in [3.63, 3.8) is 0 Å². The average Bonchev–Trinajstić information content (AvgIpc) is 3.27. The van der Waals surface area contributed by atoms with E-state index in [1.54, 1.807) is 0 Å². The maximum absolute atomic E-state index is 13.5. The van der Waals surface area contributed by atoms with Gasteiger partial charge in [0.1, 0.15) is 0 Å². The molecular weight excluding hydrogens is 387 g/mol. The first kappa shape index (κ1) is 20.4. The highest BCUT2D eigenvalue weighted by Gasteiger charge is 2.32. The predicted octanol–water partition coefficient (Wildman–Crippen LogP) is 6.84. The summed E-state index contributed by atoms with van der Waals surface area (Å²) in [6, 6.07) is 13.2. The number of nitrogens with one attached hydrogen (secondary N) is 1. The number of fused-ring (bicyclic) bond motifs is 1. The number of halogens is 3. The zero-order valence-corrected chi connectivity index (χ0v) is 16.8. The third-order valence-electron chi connectivity index (χ3n) is 5.90. The van der Waals surface area contributed by atoms with E-state index in [0.717, 1.165) is 54.1 Å². The number of nitrogens with zero attached hydrogens (tertiary/aromatic N) is 2. The highest BCUT2D eigenvalue weighted by atomic mass is 19.4. The second-order valence-corrected chi connectivity index (χ2v) is 7.87. The van der Waals surface area contributed by atoms with Crippen LogP contribution in [0.1, 0.15) is 61.4 Å². The second-order valence-electron chi connectivity index (χ2n) is 7.87. The van der Waals surface area contributed by atoms with Gasteiger partial charge >= 0.3 is 6.18 Å². The molecule has 0 spiro atoms. The number of aromatic nitrogens is 1. The number of benzene rings is 2. The van der Waals surface area contributed by atoms with E-state index in [1.165, 1.54) is 12.1 Å². The van der Waals surface area contributed by atoms with Crippen molar-refractivity contribution >= 4 is 17.6 Å². The fourth-order valence-electron chi connectivity index (χ4n) is 4.54. The lowest BCUT2D eigenvalue weighted by molar-refractivity contribution is -0.137. The number of pyridine rings is 1. The minimum absolute atomic E-state index is 0.236. The summed E-state index contributed by atoms with van der Waals surface area (Å²) in [4.78, 5) is 4.90. The number of hydrogen-bond donors (Lipinski definition) is 1. The first-order valence-electron chi connectivity index (χ1n) is 10.2. The Hall–Kier alpha value is -2.89. The summed E-state index contributed by atoms with van der Waals surface area (Å²) in [5.74, 6) is 0.295. The molecule has 1 heterocycles. The van der Waals surface area contributed by atoms with Crippen LogP contribution in [0.4, 0.5) is 13.2 Å². The molecule has 1 saturated carbocycles. The lowest BCUT2D eigenvalue weighted by Crippen LogP contribution is -2.17. The standard InChI is InChI=1S/C24H24F3N3/c1-15(30-28-2)21-22(16-8-4-3-5-9-16)19-14-18(24(25,26)27)12-13-20(19)29-23(21)17-10-6-7-11-17/h3-5,8-9,12-15,17,30H,2,6-7,10-11H2,1H3. The minimum atomic E-state index is -4.42. The highest BCUT2D eigenvalue weighted by molar-refractivity contribution is 5.97. The maximum Gasteiger partial charge on any atom is 0.416 e. The van der Waals surface area contributed by atoms with E-state index in [-0.39, 0.29) is 6.04 Å². The molecule has 3 nitrogen and oxygen atoms in total. The van der Waals surface area contributed by atoms with E-state index >= 15 is 0 Å². The zero-order chi connectivity index (χ0) is 21.3. The SMILES string of the molecule is C=NNC(C)c1c(C2CCCC2)nc2ccc(C(F)(F)F)cc2c1-c1ccccc1. The number of hydrogen-bond acceptors (Lipinski definition) is 3. The molecule has 1 unspecified atom stereocenters. The molecule has 0 bridgehead atoms. The maximum atomic E-state index is 13.5. The summed E-state index contributed by atoms with van der Waals surface area (Å²) in [6.07, 6.45) is -0.0692. The Morgan fingerprint density at radius 2 is 1.80 bits per heavy atom. The fraction of sp³-hybridized carbons (Fsp3) is 0.333. The van der Waals surface area contributed by atoms with Crippen LogP contribution in [0.25, 0.3) is 22.0 Å². The van der Waals surface area contributed by atoms with E-state index in [9.17, 15) is 13.2 Å². The lowest BCUT2D eigenvalue weighted by Gasteiger charge is -2.25. The molecule has 3 aromatic rings. The van der Waals surface area contributed by atoms with Gasteiger partial charge in [0.15, 0.2) is 0 Å². The summed E-state index contributed by atoms with van der Waals surface area (Å²) in [5, 5.41) is 4.35. The summed E-state index contributed by atoms with van der Waals surface area (Å²) >= 11 is 0. The zero-order valence-electron chi connectivity index (χ0n) is 16.8. The van der Waals surface area contributed by atoms with Gasteiger partial charge in [-0.05, 0) is 49.1 Å². The highest BCUT2D eigenvalue weighted by Crippen LogP contribution is 2.44. The van der Waals surface area contributed by atoms with Gasteiger partial charge in [-0.3, -0.25) is 4.98 Å². The van der Waals surface area contributed by atoms with Gasteiger partial charge in [0.25, 0.3) is 0 Å². The molecule has 0 amide bonds. The minimum Gasteiger partial charge on any atom is -0.303 e. The van der Waals surface area contributed by atoms with E-state index < -0.39 is 11.7 Å². The quantitative estimate of drug-likeness (QED) is 0.368. The molecule has 2 aromatic carbocycles. The van der Waals surface area contributed by atoms with Crippen molar-refractivity contribution < 1.29 is 13.2 Å². The Kier molecular flexibility index (Phi) is 5.50. The van der Waals surface area contributed by atoms with Gasteiger partial charge < -0.3 is 5.43 Å². The Bertz CT molecular complexity index is 1050. The average molecular weight is 411 g/mol. The van der Waals surface area contributed by atoms with Gasteiger partial charge in [-0.1, -0.05) is 43.2 Å². The van der Waals surface area contributed by atoms with Crippen LogP contribution < -0.4 is 5.43 Å². The van der Waals surface area contributed by atoms with Crippen molar-refractivity contribution in [2.24, 2.45) is 5.10 Å². The van der Waals surface area contributed by atoms with E-state index in [4.69, 9.17) is 4.98 Å². The fourth-order valence-corrected chi connectivity index (χ4v) is 4.54. The van der Waals surface area contributed by atoms with Crippen LogP contribution in [0.3, 0.4) is 0 Å². The molecule has 1 fully saturated rings. The van der Waals surface area contributed by atoms with Crippen molar-refractivity contribution in [2.45, 2.75) is 50.7 Å². The van der Waals surface area contributed by atoms with E-state index in [1.807, 2.05) is 37.3 Å². The van der Waals surface area contributed by atoms with Crippen molar-refractivity contribution in [1.29, 1.82) is 0 Å². The Balaban J connectivity index is 2.09. The van der Waals surface area contributed by atoms with Crippen LogP contribution >= 0.6 is 0 Å². The van der Waals surface area contributed by atoms with Crippen molar-refractivity contribution in [3.05, 3.63) is 65.4 Å². The number of rotatable bonds is 5. The molecule has 1 aliphatic carbocycles. The van der Waals surface area contributed by atoms with E-state index in [2.05, 4.69) is 17.2 Å². The topological polar surface area (TPSA) is 37.3 Å². The summed E-state index contributed by atoms with van der Waals surface area (Å²) in [7, 11) is 0. The molecule has 0 aliphatic heterocycles. The molecule has 0 radical (unpaired) electrons. The van der Waals surface area contributed by atoms with Crippen LogP contribution in [0.2, 0.25) is 0 Å². The summed E-state index contributed by atoms with van der Waals surface area (Å²) < 4.78 is 40.5.